The molecule has 2 heterocycles. The molecule has 224 valence electrons. The molecule has 43 heavy (non-hydrogen) atoms. The molecule has 1 aliphatic carbocycles. The summed E-state index contributed by atoms with van der Waals surface area (Å²) in [7, 11) is -1.35. The highest BCUT2D eigenvalue weighted by molar-refractivity contribution is 6.99. The van der Waals surface area contributed by atoms with Crippen molar-refractivity contribution >= 4 is 24.6 Å². The fourth-order valence-corrected chi connectivity index (χ4v) is 12.0. The first-order chi connectivity index (χ1) is 20.5. The molecular formula is C33H38N4O5Si. The number of fused-ring (bicyclic) bond motifs is 1. The number of azide groups is 1. The minimum atomic E-state index is -2.96. The van der Waals surface area contributed by atoms with Crippen LogP contribution in [0.4, 0.5) is 0 Å². The molecule has 0 bridgehead atoms. The summed E-state index contributed by atoms with van der Waals surface area (Å²) in [6, 6.07) is 27.2. The molecule has 1 saturated carbocycles. The molecule has 2 fully saturated rings. The van der Waals surface area contributed by atoms with Crippen molar-refractivity contribution in [3.63, 3.8) is 0 Å². The lowest BCUT2D eigenvalue weighted by Crippen LogP contribution is -2.69. The van der Waals surface area contributed by atoms with Gasteiger partial charge in [-0.2, -0.15) is 0 Å². The predicted octanol–water partition coefficient (Wildman–Crippen LogP) is 4.76. The molecule has 0 amide bonds. The van der Waals surface area contributed by atoms with Gasteiger partial charge in [-0.15, -0.1) is 0 Å². The molecule has 9 nitrogen and oxygen atoms in total. The van der Waals surface area contributed by atoms with Crippen molar-refractivity contribution in [2.24, 2.45) is 10.1 Å². The Balaban J connectivity index is 1.43. The van der Waals surface area contributed by atoms with Crippen molar-refractivity contribution < 1.29 is 23.7 Å². The first kappa shape index (κ1) is 29.4. The highest BCUT2D eigenvalue weighted by Gasteiger charge is 2.87. The fourth-order valence-electron chi connectivity index (χ4n) is 7.42. The third-order valence-corrected chi connectivity index (χ3v) is 14.7. The number of nitrogens with zero attached hydrogens (tertiary/aromatic N) is 4. The van der Waals surface area contributed by atoms with E-state index < -0.39 is 43.3 Å². The van der Waals surface area contributed by atoms with Crippen LogP contribution in [0.25, 0.3) is 10.4 Å². The van der Waals surface area contributed by atoms with Crippen molar-refractivity contribution in [3.05, 3.63) is 101 Å². The summed E-state index contributed by atoms with van der Waals surface area (Å²) in [5.74, 6) is 1.08. The SMILES string of the molecule is COc1ccc(C2=N[C@@]3([C@H](C)O2)[C@@H](N=[N+]=[N-])[C@H]2O[C@@]2(CO[Si](c2ccccc2)(c2ccccc2)C(C)(C)C)[C@]3(C)O)cc1. The molecule has 3 aromatic carbocycles. The van der Waals surface area contributed by atoms with Crippen LogP contribution in [-0.4, -0.2) is 68.0 Å². The Labute approximate surface area is 253 Å². The van der Waals surface area contributed by atoms with Crippen molar-refractivity contribution in [3.8, 4) is 5.75 Å². The van der Waals surface area contributed by atoms with Crippen LogP contribution in [0.3, 0.4) is 0 Å². The first-order valence-electron chi connectivity index (χ1n) is 14.6. The number of epoxide rings is 1. The van der Waals surface area contributed by atoms with E-state index in [1.54, 1.807) is 14.0 Å². The average molecular weight is 599 g/mol. The number of methoxy groups -OCH3 is 1. The van der Waals surface area contributed by atoms with E-state index in [1.807, 2.05) is 67.6 Å². The lowest BCUT2D eigenvalue weighted by atomic mass is 9.74. The minimum Gasteiger partial charge on any atom is -0.497 e. The van der Waals surface area contributed by atoms with E-state index in [0.29, 0.717) is 11.6 Å². The average Bonchev–Trinajstić information content (AvgIpc) is 3.60. The van der Waals surface area contributed by atoms with Gasteiger partial charge in [0.1, 0.15) is 34.7 Å². The zero-order valence-electron chi connectivity index (χ0n) is 25.4. The molecule has 3 aromatic rings. The number of rotatable bonds is 8. The van der Waals surface area contributed by atoms with Gasteiger partial charge in [-0.25, -0.2) is 4.99 Å². The maximum absolute atomic E-state index is 12.6. The summed E-state index contributed by atoms with van der Waals surface area (Å²) < 4.78 is 25.2. The fraction of sp³-hybridized carbons (Fsp3) is 0.424. The zero-order chi connectivity index (χ0) is 30.7. The molecule has 6 rings (SSSR count). The van der Waals surface area contributed by atoms with Crippen molar-refractivity contribution in [1.82, 2.24) is 0 Å². The maximum atomic E-state index is 12.6. The summed E-state index contributed by atoms with van der Waals surface area (Å²) in [5, 5.41) is 18.7. The first-order valence-corrected chi connectivity index (χ1v) is 16.5. The Hall–Kier alpha value is -3.66. The van der Waals surface area contributed by atoms with E-state index in [9.17, 15) is 10.6 Å². The van der Waals surface area contributed by atoms with Crippen LogP contribution in [0.5, 0.6) is 5.75 Å². The molecule has 1 spiro atoms. The number of ether oxygens (including phenoxy) is 3. The summed E-state index contributed by atoms with van der Waals surface area (Å²) in [4.78, 5) is 8.20. The second kappa shape index (κ2) is 10.2. The Morgan fingerprint density at radius 3 is 2.09 bits per heavy atom. The normalized spacial score (nSPS) is 31.1. The van der Waals surface area contributed by atoms with E-state index in [-0.39, 0.29) is 11.6 Å². The largest absolute Gasteiger partial charge is 0.497 e. The zero-order valence-corrected chi connectivity index (χ0v) is 26.4. The van der Waals surface area contributed by atoms with E-state index in [2.05, 4.69) is 55.1 Å². The Morgan fingerprint density at radius 2 is 1.58 bits per heavy atom. The summed E-state index contributed by atoms with van der Waals surface area (Å²) in [6.07, 6.45) is -1.20. The topological polar surface area (TPSA) is 122 Å². The van der Waals surface area contributed by atoms with E-state index in [0.717, 1.165) is 15.9 Å². The van der Waals surface area contributed by atoms with Gasteiger partial charge in [0, 0.05) is 10.5 Å². The number of benzene rings is 3. The van der Waals surface area contributed by atoms with Gasteiger partial charge in [0.2, 0.25) is 5.90 Å². The highest BCUT2D eigenvalue weighted by Crippen LogP contribution is 2.65. The molecule has 0 unspecified atom stereocenters. The van der Waals surface area contributed by atoms with Gasteiger partial charge in [-0.1, -0.05) is 86.5 Å². The van der Waals surface area contributed by atoms with Gasteiger partial charge in [0.15, 0.2) is 0 Å². The molecule has 6 atom stereocenters. The van der Waals surface area contributed by atoms with Crippen LogP contribution >= 0.6 is 0 Å². The molecule has 10 heteroatoms. The third-order valence-electron chi connectivity index (χ3n) is 9.71. The Bertz CT molecular complexity index is 1530. The predicted molar refractivity (Wildman–Crippen MR) is 168 cm³/mol. The van der Waals surface area contributed by atoms with E-state index in [1.165, 1.54) is 0 Å². The molecule has 0 radical (unpaired) electrons. The minimum absolute atomic E-state index is 0.0945. The molecule has 3 aliphatic rings. The van der Waals surface area contributed by atoms with E-state index in [4.69, 9.17) is 23.6 Å². The Kier molecular flexibility index (Phi) is 6.99. The van der Waals surface area contributed by atoms with Gasteiger partial charge >= 0.3 is 0 Å². The van der Waals surface area contributed by atoms with Crippen LogP contribution in [0.2, 0.25) is 5.04 Å². The molecule has 1 N–H and O–H groups in total. The quantitative estimate of drug-likeness (QED) is 0.132. The van der Waals surface area contributed by atoms with Gasteiger partial charge in [-0.3, -0.25) is 0 Å². The molecule has 0 aromatic heterocycles. The summed E-state index contributed by atoms with van der Waals surface area (Å²) in [5.41, 5.74) is 6.34. The molecule has 2 aliphatic heterocycles. The van der Waals surface area contributed by atoms with Gasteiger partial charge in [0.25, 0.3) is 8.32 Å². The number of aliphatic imine (C=N–C) groups is 1. The van der Waals surface area contributed by atoms with Crippen LogP contribution in [0.15, 0.2) is 95.0 Å². The molecular weight excluding hydrogens is 560 g/mol. The second-order valence-electron chi connectivity index (χ2n) is 12.8. The maximum Gasteiger partial charge on any atom is 0.261 e. The number of hydrogen-bond donors (Lipinski definition) is 1. The van der Waals surface area contributed by atoms with Crippen LogP contribution in [0.1, 0.15) is 40.2 Å². The number of aliphatic hydroxyl groups is 1. The van der Waals surface area contributed by atoms with Crippen molar-refractivity contribution in [2.45, 2.75) is 74.6 Å². The van der Waals surface area contributed by atoms with Crippen LogP contribution in [-0.2, 0) is 13.9 Å². The third kappa shape index (κ3) is 4.08. The lowest BCUT2D eigenvalue weighted by Gasteiger charge is -2.46. The van der Waals surface area contributed by atoms with Gasteiger partial charge in [0.05, 0.1) is 19.8 Å². The van der Waals surface area contributed by atoms with Crippen molar-refractivity contribution in [1.29, 1.82) is 0 Å². The molecule has 1 saturated heterocycles. The smallest absolute Gasteiger partial charge is 0.261 e. The van der Waals surface area contributed by atoms with Crippen molar-refractivity contribution in [2.75, 3.05) is 13.7 Å². The number of hydrogen-bond acceptors (Lipinski definition) is 7. The highest BCUT2D eigenvalue weighted by atomic mass is 28.4. The Morgan fingerprint density at radius 1 is 1.00 bits per heavy atom. The summed E-state index contributed by atoms with van der Waals surface area (Å²) >= 11 is 0. The lowest BCUT2D eigenvalue weighted by molar-refractivity contribution is -0.116. The van der Waals surface area contributed by atoms with Gasteiger partial charge in [-0.05, 0) is 59.1 Å². The van der Waals surface area contributed by atoms with Crippen LogP contribution < -0.4 is 15.1 Å². The van der Waals surface area contributed by atoms with Gasteiger partial charge < -0.3 is 23.7 Å². The van der Waals surface area contributed by atoms with Crippen LogP contribution in [0, 0.1) is 0 Å². The standard InChI is InChI=1S/C33H38N4O5Si/c1-22-33(35-29(41-22)23-17-19-24(39-6)20-18-23)27(36-37-34)28-32(42-28,31(33,5)38)21-40-43(30(2,3)4,25-13-9-7-10-14-25)26-15-11-8-12-16-26/h7-20,22,27-28,38H,21H2,1-6H3/t22-,27-,28+,31-,32+,33-/m0/s1. The van der Waals surface area contributed by atoms with E-state index >= 15 is 0 Å². The second-order valence-corrected chi connectivity index (χ2v) is 17.1. The summed E-state index contributed by atoms with van der Waals surface area (Å²) in [6.45, 7) is 10.3. The monoisotopic (exact) mass is 598 g/mol.